The summed E-state index contributed by atoms with van der Waals surface area (Å²) >= 11 is 0. The maximum Gasteiger partial charge on any atom is 0.397 e. The van der Waals surface area contributed by atoms with Gasteiger partial charge in [0.25, 0.3) is 0 Å². The Morgan fingerprint density at radius 2 is 0.978 bits per heavy atom. The third-order valence-corrected chi connectivity index (χ3v) is 9.95. The van der Waals surface area contributed by atoms with Crippen LogP contribution in [0.5, 0.6) is 0 Å². The second kappa shape index (κ2) is 28.5. The minimum atomic E-state index is -4.95. The van der Waals surface area contributed by atoms with Gasteiger partial charge < -0.3 is 24.8 Å². The Balaban J connectivity index is 2.46. The quantitative estimate of drug-likeness (QED) is 0.0407. The molecular formula is C36H72O9S. The van der Waals surface area contributed by atoms with E-state index in [1.165, 1.54) is 141 Å². The van der Waals surface area contributed by atoms with Crippen molar-refractivity contribution in [3.8, 4) is 0 Å². The van der Waals surface area contributed by atoms with Gasteiger partial charge in [-0.2, -0.15) is 8.42 Å². The van der Waals surface area contributed by atoms with Gasteiger partial charge in [-0.15, -0.1) is 0 Å². The van der Waals surface area contributed by atoms with Gasteiger partial charge in [0, 0.05) is 0 Å². The molecule has 1 fully saturated rings. The Bertz CT molecular complexity index is 753. The molecule has 0 bridgehead atoms. The third-order valence-electron chi connectivity index (χ3n) is 9.48. The van der Waals surface area contributed by atoms with Crippen molar-refractivity contribution in [3.05, 3.63) is 0 Å². The lowest BCUT2D eigenvalue weighted by Crippen LogP contribution is -2.60. The van der Waals surface area contributed by atoms with Gasteiger partial charge in [0.05, 0.1) is 13.2 Å². The summed E-state index contributed by atoms with van der Waals surface area (Å²) in [5.41, 5.74) is 0. The summed E-state index contributed by atoms with van der Waals surface area (Å²) in [5.74, 6) is 0.252. The average Bonchev–Trinajstić information content (AvgIpc) is 3.02. The number of unbranched alkanes of at least 4 members (excludes halogenated alkanes) is 22. The molecule has 4 N–H and O–H groups in total. The Morgan fingerprint density at radius 1 is 0.609 bits per heavy atom. The van der Waals surface area contributed by atoms with E-state index in [1.807, 2.05) is 0 Å². The molecule has 0 aromatic rings. The van der Waals surface area contributed by atoms with Crippen molar-refractivity contribution in [2.75, 3.05) is 13.2 Å². The van der Waals surface area contributed by atoms with Crippen LogP contribution in [0.3, 0.4) is 0 Å². The Hall–Kier alpha value is -0.330. The molecule has 0 unspecified atom stereocenters. The highest BCUT2D eigenvalue weighted by atomic mass is 32.3. The highest BCUT2D eigenvalue weighted by Crippen LogP contribution is 2.27. The van der Waals surface area contributed by atoms with Crippen LogP contribution in [0, 0.1) is 5.92 Å². The second-order valence-corrected chi connectivity index (χ2v) is 14.8. The first kappa shape index (κ1) is 43.7. The molecule has 0 aromatic carbocycles. The van der Waals surface area contributed by atoms with E-state index in [0.29, 0.717) is 6.61 Å². The van der Waals surface area contributed by atoms with Gasteiger partial charge in [0.1, 0.15) is 24.4 Å². The summed E-state index contributed by atoms with van der Waals surface area (Å²) in [6.45, 7) is 4.19. The zero-order chi connectivity index (χ0) is 33.9. The van der Waals surface area contributed by atoms with Gasteiger partial charge in [-0.3, -0.25) is 4.55 Å². The van der Waals surface area contributed by atoms with Crippen molar-refractivity contribution in [3.63, 3.8) is 0 Å². The molecule has 1 aliphatic rings. The molecule has 0 radical (unpaired) electrons. The molecule has 0 aliphatic carbocycles. The van der Waals surface area contributed by atoms with E-state index >= 15 is 0 Å². The van der Waals surface area contributed by atoms with Crippen LogP contribution < -0.4 is 0 Å². The maximum atomic E-state index is 11.3. The molecule has 10 heteroatoms. The molecule has 46 heavy (non-hydrogen) atoms. The van der Waals surface area contributed by atoms with Gasteiger partial charge in [0.15, 0.2) is 6.29 Å². The zero-order valence-electron chi connectivity index (χ0n) is 29.5. The van der Waals surface area contributed by atoms with Crippen molar-refractivity contribution in [2.45, 2.75) is 211 Å². The molecule has 1 heterocycles. The maximum absolute atomic E-state index is 11.3. The predicted octanol–water partition coefficient (Wildman–Crippen LogP) is 8.43. The van der Waals surface area contributed by atoms with Gasteiger partial charge >= 0.3 is 10.4 Å². The monoisotopic (exact) mass is 680 g/mol. The molecule has 1 rings (SSSR count). The van der Waals surface area contributed by atoms with Crippen molar-refractivity contribution >= 4 is 10.4 Å². The van der Waals surface area contributed by atoms with E-state index in [9.17, 15) is 23.7 Å². The first-order chi connectivity index (χ1) is 22.2. The van der Waals surface area contributed by atoms with Crippen LogP contribution in [-0.4, -0.2) is 72.2 Å². The van der Waals surface area contributed by atoms with Crippen LogP contribution in [-0.2, 0) is 24.1 Å². The van der Waals surface area contributed by atoms with Gasteiger partial charge in [-0.1, -0.05) is 168 Å². The van der Waals surface area contributed by atoms with Gasteiger partial charge in [0.2, 0.25) is 0 Å². The molecule has 5 atom stereocenters. The summed E-state index contributed by atoms with van der Waals surface area (Å²) in [5, 5.41) is 30.6. The number of hydrogen-bond acceptors (Lipinski definition) is 8. The van der Waals surface area contributed by atoms with E-state index < -0.39 is 47.7 Å². The first-order valence-electron chi connectivity index (χ1n) is 19.1. The summed E-state index contributed by atoms with van der Waals surface area (Å²) in [6.07, 6.45) is 25.5. The summed E-state index contributed by atoms with van der Waals surface area (Å²) in [7, 11) is -4.95. The first-order valence-corrected chi connectivity index (χ1v) is 20.5. The average molecular weight is 681 g/mol. The molecule has 1 saturated heterocycles. The fourth-order valence-corrected chi connectivity index (χ4v) is 7.04. The minimum absolute atomic E-state index is 0.252. The summed E-state index contributed by atoms with van der Waals surface area (Å²) in [4.78, 5) is 0. The van der Waals surface area contributed by atoms with Crippen LogP contribution in [0.25, 0.3) is 0 Å². The van der Waals surface area contributed by atoms with Crippen LogP contribution in [0.1, 0.15) is 181 Å². The molecule has 9 nitrogen and oxygen atoms in total. The van der Waals surface area contributed by atoms with Crippen LogP contribution in [0.15, 0.2) is 0 Å². The molecule has 0 saturated carbocycles. The molecule has 0 aromatic heterocycles. The van der Waals surface area contributed by atoms with Crippen LogP contribution in [0.2, 0.25) is 0 Å². The molecule has 1 aliphatic heterocycles. The van der Waals surface area contributed by atoms with Crippen molar-refractivity contribution < 1.29 is 41.9 Å². The van der Waals surface area contributed by atoms with Crippen LogP contribution >= 0.6 is 0 Å². The lowest BCUT2D eigenvalue weighted by Gasteiger charge is -2.41. The predicted molar refractivity (Wildman–Crippen MR) is 185 cm³/mol. The van der Waals surface area contributed by atoms with E-state index in [2.05, 4.69) is 18.0 Å². The van der Waals surface area contributed by atoms with Crippen molar-refractivity contribution in [1.82, 2.24) is 0 Å². The fraction of sp³-hybridized carbons (Fsp3) is 1.00. The van der Waals surface area contributed by atoms with E-state index in [0.717, 1.165) is 25.7 Å². The van der Waals surface area contributed by atoms with E-state index in [-0.39, 0.29) is 5.92 Å². The molecule has 0 amide bonds. The summed E-state index contributed by atoms with van der Waals surface area (Å²) < 4.78 is 47.8. The Kier molecular flexibility index (Phi) is 27.1. The lowest BCUT2D eigenvalue weighted by atomic mass is 9.94. The Labute approximate surface area is 282 Å². The SMILES string of the molecule is CCCCCCCCCCCCCCC(CCCCCCCCCCCCCC)CO[C@H]1O[C@H](CO)[C@H](O)[C@@H](OS(=O)(=O)O)[C@H]1O. The molecule has 276 valence electrons. The van der Waals surface area contributed by atoms with Gasteiger partial charge in [-0.05, 0) is 18.8 Å². The molecular weight excluding hydrogens is 608 g/mol. The topological polar surface area (TPSA) is 143 Å². The highest BCUT2D eigenvalue weighted by Gasteiger charge is 2.47. The second-order valence-electron chi connectivity index (χ2n) is 13.8. The number of hydrogen-bond donors (Lipinski definition) is 4. The van der Waals surface area contributed by atoms with Crippen LogP contribution in [0.4, 0.5) is 0 Å². The number of aliphatic hydroxyl groups is 3. The number of aliphatic hydroxyl groups excluding tert-OH is 3. The number of rotatable bonds is 32. The standard InChI is InChI=1S/C36H72O9S/c1-3-5-7-9-11-13-15-17-19-21-23-25-27-31(28-26-24-22-20-18-16-14-12-10-8-6-4-2)30-43-36-34(39)35(45-46(40,41)42)33(38)32(29-37)44-36/h31-39H,3-30H2,1-2H3,(H,40,41,42)/t32-,33+,34-,35-,36+/m1/s1. The smallest absolute Gasteiger partial charge is 0.394 e. The van der Waals surface area contributed by atoms with Crippen molar-refractivity contribution in [1.29, 1.82) is 0 Å². The zero-order valence-corrected chi connectivity index (χ0v) is 30.3. The lowest BCUT2D eigenvalue weighted by molar-refractivity contribution is -0.299. The third kappa shape index (κ3) is 22.3. The summed E-state index contributed by atoms with van der Waals surface area (Å²) in [6, 6.07) is 0. The largest absolute Gasteiger partial charge is 0.397 e. The normalized spacial score (nSPS) is 22.2. The van der Waals surface area contributed by atoms with Crippen molar-refractivity contribution in [2.24, 2.45) is 5.92 Å². The fourth-order valence-electron chi connectivity index (χ4n) is 6.53. The number of ether oxygens (including phenoxy) is 2. The van der Waals surface area contributed by atoms with Gasteiger partial charge in [-0.25, -0.2) is 4.18 Å². The molecule has 0 spiro atoms. The minimum Gasteiger partial charge on any atom is -0.394 e. The van der Waals surface area contributed by atoms with E-state index in [1.54, 1.807) is 0 Å². The highest BCUT2D eigenvalue weighted by molar-refractivity contribution is 7.80. The Morgan fingerprint density at radius 3 is 1.33 bits per heavy atom. The van der Waals surface area contributed by atoms with E-state index in [4.69, 9.17) is 14.0 Å².